The Morgan fingerprint density at radius 1 is 0.952 bits per heavy atom. The van der Waals surface area contributed by atoms with Crippen LogP contribution in [0.5, 0.6) is 23.0 Å². The van der Waals surface area contributed by atoms with Gasteiger partial charge in [0.25, 0.3) is 5.91 Å². The average molecular weight is 572 g/mol. The molecule has 2 heterocycles. The van der Waals surface area contributed by atoms with Crippen LogP contribution in [0.3, 0.4) is 0 Å². The molecule has 4 aromatic rings. The summed E-state index contributed by atoms with van der Waals surface area (Å²) in [4.78, 5) is 18.0. The first-order chi connectivity index (χ1) is 20.5. The summed E-state index contributed by atoms with van der Waals surface area (Å²) in [5.41, 5.74) is 10.5. The van der Waals surface area contributed by atoms with Gasteiger partial charge < -0.3 is 34.4 Å². The van der Waals surface area contributed by atoms with Crippen molar-refractivity contribution in [2.45, 2.75) is 50.6 Å². The monoisotopic (exact) mass is 571 g/mol. The molecule has 0 spiro atoms. The van der Waals surface area contributed by atoms with Crippen molar-refractivity contribution in [1.29, 1.82) is 0 Å². The lowest BCUT2D eigenvalue weighted by Crippen LogP contribution is -2.49. The number of nitrogens with zero attached hydrogens (tertiary/aromatic N) is 1. The zero-order valence-electron chi connectivity index (χ0n) is 24.3. The Bertz CT molecular complexity index is 1570. The van der Waals surface area contributed by atoms with Gasteiger partial charge in [-0.1, -0.05) is 12.8 Å². The van der Waals surface area contributed by atoms with Crippen LogP contribution in [-0.2, 0) is 0 Å². The summed E-state index contributed by atoms with van der Waals surface area (Å²) in [5.74, 6) is 3.21. The molecule has 0 bridgehead atoms. The van der Waals surface area contributed by atoms with E-state index in [1.54, 1.807) is 27.5 Å². The molecule has 1 amide bonds. The van der Waals surface area contributed by atoms with E-state index in [1.165, 1.54) is 12.8 Å². The predicted octanol–water partition coefficient (Wildman–Crippen LogP) is 5.98. The molecule has 2 aromatic heterocycles. The number of nitrogens with two attached hydrogens (primary N) is 1. The number of carbonyl (C=O) groups excluding carboxylic acids is 1. The van der Waals surface area contributed by atoms with Gasteiger partial charge in [0, 0.05) is 41.0 Å². The van der Waals surface area contributed by atoms with E-state index in [9.17, 15) is 4.79 Å². The number of rotatable bonds is 10. The molecule has 2 aliphatic rings. The molecule has 0 radical (unpaired) electrons. The molecule has 9 nitrogen and oxygen atoms in total. The standard InChI is InChI=1S/C33H37N3O6/c1-38-29-15-21(16-30(39-2)32(29)40-3)28-17-27-31(42-28)24(10-11-35-27)20-12-22(14-23(13-20)41-18-19-8-9-19)33(37)36-26-7-5-4-6-25(26)34/h10-17,19,25-26H,4-9,18,34H2,1-3H3,(H,36,37)/t25?,26-/m1/s1. The van der Waals surface area contributed by atoms with E-state index in [1.807, 2.05) is 42.5 Å². The second-order valence-corrected chi connectivity index (χ2v) is 11.1. The fraction of sp³-hybridized carbons (Fsp3) is 0.394. The molecule has 0 saturated heterocycles. The maximum absolute atomic E-state index is 13.5. The first kappa shape index (κ1) is 27.9. The maximum atomic E-state index is 13.5. The number of fused-ring (bicyclic) bond motifs is 1. The second kappa shape index (κ2) is 11.9. The Labute approximate surface area is 245 Å². The average Bonchev–Trinajstić information content (AvgIpc) is 3.75. The van der Waals surface area contributed by atoms with Crippen LogP contribution < -0.4 is 30.0 Å². The highest BCUT2D eigenvalue weighted by atomic mass is 16.5. The molecule has 2 fully saturated rings. The van der Waals surface area contributed by atoms with Crippen molar-refractivity contribution in [2.75, 3.05) is 27.9 Å². The number of furan rings is 1. The topological polar surface area (TPSA) is 118 Å². The van der Waals surface area contributed by atoms with E-state index < -0.39 is 0 Å². The lowest BCUT2D eigenvalue weighted by atomic mass is 9.90. The van der Waals surface area contributed by atoms with Crippen molar-refractivity contribution >= 4 is 17.0 Å². The van der Waals surface area contributed by atoms with Crippen LogP contribution in [0.1, 0.15) is 48.9 Å². The van der Waals surface area contributed by atoms with Crippen LogP contribution >= 0.6 is 0 Å². The van der Waals surface area contributed by atoms with Crippen LogP contribution in [0.15, 0.2) is 53.1 Å². The van der Waals surface area contributed by atoms with Crippen molar-refractivity contribution in [3.05, 3.63) is 54.2 Å². The van der Waals surface area contributed by atoms with Crippen LogP contribution in [0.2, 0.25) is 0 Å². The van der Waals surface area contributed by atoms with Gasteiger partial charge in [-0.05, 0) is 73.6 Å². The van der Waals surface area contributed by atoms with Crippen LogP contribution in [0.25, 0.3) is 33.6 Å². The third-order valence-corrected chi connectivity index (χ3v) is 8.16. The highest BCUT2D eigenvalue weighted by Gasteiger charge is 2.26. The minimum atomic E-state index is -0.154. The SMILES string of the molecule is COc1cc(-c2cc3nccc(-c4cc(OCC5CC5)cc(C(=O)N[C@@H]5CCCCC5N)c4)c3o2)cc(OC)c1OC. The molecule has 2 aromatic carbocycles. The number of methoxy groups -OCH3 is 3. The highest BCUT2D eigenvalue weighted by Crippen LogP contribution is 2.43. The Hall–Kier alpha value is -4.24. The number of carbonyl (C=O) groups is 1. The number of hydrogen-bond acceptors (Lipinski definition) is 8. The van der Waals surface area contributed by atoms with Gasteiger partial charge in [0.15, 0.2) is 17.1 Å². The van der Waals surface area contributed by atoms with Gasteiger partial charge in [-0.15, -0.1) is 0 Å². The van der Waals surface area contributed by atoms with E-state index in [2.05, 4.69) is 10.3 Å². The highest BCUT2D eigenvalue weighted by molar-refractivity contribution is 5.98. The predicted molar refractivity (Wildman–Crippen MR) is 160 cm³/mol. The molecular weight excluding hydrogens is 534 g/mol. The van der Waals surface area contributed by atoms with Gasteiger partial charge in [-0.25, -0.2) is 0 Å². The van der Waals surface area contributed by atoms with E-state index in [0.717, 1.165) is 42.4 Å². The summed E-state index contributed by atoms with van der Waals surface area (Å²) >= 11 is 0. The lowest BCUT2D eigenvalue weighted by molar-refractivity contribution is 0.0921. The molecule has 6 rings (SSSR count). The second-order valence-electron chi connectivity index (χ2n) is 11.1. The first-order valence-corrected chi connectivity index (χ1v) is 14.5. The summed E-state index contributed by atoms with van der Waals surface area (Å²) in [5, 5.41) is 3.17. The molecule has 220 valence electrons. The Kier molecular flexibility index (Phi) is 7.93. The largest absolute Gasteiger partial charge is 0.493 e. The van der Waals surface area contributed by atoms with E-state index in [0.29, 0.717) is 57.9 Å². The van der Waals surface area contributed by atoms with Gasteiger partial charge >= 0.3 is 0 Å². The van der Waals surface area contributed by atoms with Gasteiger partial charge in [0.2, 0.25) is 5.75 Å². The number of nitrogens with one attached hydrogen (secondary N) is 1. The van der Waals surface area contributed by atoms with Crippen molar-refractivity contribution in [1.82, 2.24) is 10.3 Å². The Morgan fingerprint density at radius 3 is 2.40 bits per heavy atom. The van der Waals surface area contributed by atoms with E-state index in [-0.39, 0.29) is 18.0 Å². The van der Waals surface area contributed by atoms with Crippen molar-refractivity contribution < 1.29 is 28.2 Å². The molecule has 2 atom stereocenters. The number of ether oxygens (including phenoxy) is 4. The molecular formula is C33H37N3O6. The number of benzene rings is 2. The lowest BCUT2D eigenvalue weighted by Gasteiger charge is -2.29. The molecule has 0 aliphatic heterocycles. The van der Waals surface area contributed by atoms with Crippen LogP contribution in [0, 0.1) is 5.92 Å². The summed E-state index contributed by atoms with van der Waals surface area (Å²) in [6.07, 6.45) is 8.06. The summed E-state index contributed by atoms with van der Waals surface area (Å²) in [7, 11) is 4.72. The number of aromatic nitrogens is 1. The number of pyridine rings is 1. The molecule has 9 heteroatoms. The maximum Gasteiger partial charge on any atom is 0.251 e. The van der Waals surface area contributed by atoms with Gasteiger partial charge in [0.05, 0.1) is 27.9 Å². The summed E-state index contributed by atoms with van der Waals surface area (Å²) in [6.45, 7) is 0.635. The Balaban J connectivity index is 1.39. The minimum Gasteiger partial charge on any atom is -0.493 e. The summed E-state index contributed by atoms with van der Waals surface area (Å²) in [6, 6.07) is 13.0. The fourth-order valence-corrected chi connectivity index (χ4v) is 5.59. The van der Waals surface area contributed by atoms with Crippen LogP contribution in [0.4, 0.5) is 0 Å². The number of hydrogen-bond donors (Lipinski definition) is 2. The summed E-state index contributed by atoms with van der Waals surface area (Å²) < 4.78 is 29.1. The number of amides is 1. The fourth-order valence-electron chi connectivity index (χ4n) is 5.59. The van der Waals surface area contributed by atoms with Crippen LogP contribution in [-0.4, -0.2) is 50.9 Å². The zero-order valence-corrected chi connectivity index (χ0v) is 24.3. The zero-order chi connectivity index (χ0) is 29.2. The molecule has 2 saturated carbocycles. The first-order valence-electron chi connectivity index (χ1n) is 14.5. The molecule has 3 N–H and O–H groups in total. The third kappa shape index (κ3) is 5.74. The minimum absolute atomic E-state index is 0.0342. The quantitative estimate of drug-likeness (QED) is 0.239. The normalized spacial score (nSPS) is 18.5. The van der Waals surface area contributed by atoms with Gasteiger partial charge in [-0.2, -0.15) is 0 Å². The van der Waals surface area contributed by atoms with Crippen molar-refractivity contribution in [3.8, 4) is 45.4 Å². The van der Waals surface area contributed by atoms with Gasteiger partial charge in [0.1, 0.15) is 17.0 Å². The third-order valence-electron chi connectivity index (χ3n) is 8.16. The van der Waals surface area contributed by atoms with E-state index in [4.69, 9.17) is 29.1 Å². The van der Waals surface area contributed by atoms with Crippen molar-refractivity contribution in [2.24, 2.45) is 11.7 Å². The molecule has 1 unspecified atom stereocenters. The molecule has 42 heavy (non-hydrogen) atoms. The molecule has 2 aliphatic carbocycles. The van der Waals surface area contributed by atoms with E-state index >= 15 is 0 Å². The smallest absolute Gasteiger partial charge is 0.251 e. The Morgan fingerprint density at radius 2 is 1.71 bits per heavy atom. The van der Waals surface area contributed by atoms with Gasteiger partial charge in [-0.3, -0.25) is 9.78 Å². The van der Waals surface area contributed by atoms with Crippen molar-refractivity contribution in [3.63, 3.8) is 0 Å².